The standard InChI is InChI=1S/C18H23N3O4/c1-2-20-11-18(16(23)24)12-21(10-14(18)15(20)22)17(25)19-9-8-13-6-4-3-5-7-13/h3-7,14H,2,8-12H2,1H3,(H,19,25)(H,23,24)/t14-,18+/m1/s1. The third-order valence-corrected chi connectivity index (χ3v) is 5.25. The molecule has 134 valence electrons. The first kappa shape index (κ1) is 17.3. The van der Waals surface area contributed by atoms with Crippen LogP contribution < -0.4 is 5.32 Å². The van der Waals surface area contributed by atoms with Crippen LogP contribution in [0.1, 0.15) is 12.5 Å². The van der Waals surface area contributed by atoms with Crippen LogP contribution in [0.15, 0.2) is 30.3 Å². The Bertz CT molecular complexity index is 678. The summed E-state index contributed by atoms with van der Waals surface area (Å²) in [6.45, 7) is 3.22. The van der Waals surface area contributed by atoms with Crippen LogP contribution >= 0.6 is 0 Å². The Labute approximate surface area is 146 Å². The number of amides is 3. The molecule has 0 aromatic heterocycles. The largest absolute Gasteiger partial charge is 0.481 e. The summed E-state index contributed by atoms with van der Waals surface area (Å²) in [7, 11) is 0. The molecule has 25 heavy (non-hydrogen) atoms. The number of hydrogen-bond acceptors (Lipinski definition) is 3. The van der Waals surface area contributed by atoms with Crippen molar-refractivity contribution in [2.75, 3.05) is 32.7 Å². The summed E-state index contributed by atoms with van der Waals surface area (Å²) in [4.78, 5) is 39.7. The molecule has 0 aliphatic carbocycles. The second-order valence-corrected chi connectivity index (χ2v) is 6.71. The molecule has 0 unspecified atom stereocenters. The minimum absolute atomic E-state index is 0.0758. The maximum absolute atomic E-state index is 12.4. The van der Waals surface area contributed by atoms with E-state index >= 15 is 0 Å². The normalized spacial score (nSPS) is 25.2. The molecule has 2 aliphatic heterocycles. The van der Waals surface area contributed by atoms with E-state index in [1.165, 1.54) is 4.90 Å². The highest BCUT2D eigenvalue weighted by Crippen LogP contribution is 2.43. The molecule has 3 amide bonds. The van der Waals surface area contributed by atoms with Crippen LogP contribution in [0.5, 0.6) is 0 Å². The van der Waals surface area contributed by atoms with Crippen LogP contribution in [-0.2, 0) is 16.0 Å². The lowest BCUT2D eigenvalue weighted by molar-refractivity contribution is -0.149. The number of rotatable bonds is 5. The first-order chi connectivity index (χ1) is 12.0. The fourth-order valence-electron chi connectivity index (χ4n) is 3.80. The molecule has 2 N–H and O–H groups in total. The average molecular weight is 345 g/mol. The van der Waals surface area contributed by atoms with Crippen molar-refractivity contribution in [3.8, 4) is 0 Å². The van der Waals surface area contributed by atoms with Gasteiger partial charge in [-0.25, -0.2) is 4.79 Å². The summed E-state index contributed by atoms with van der Waals surface area (Å²) in [6.07, 6.45) is 0.705. The van der Waals surface area contributed by atoms with Crippen LogP contribution in [0.25, 0.3) is 0 Å². The SMILES string of the molecule is CCN1C[C@]2(C(=O)O)CN(C(=O)NCCc3ccccc3)C[C@@H]2C1=O. The van der Waals surface area contributed by atoms with E-state index in [1.54, 1.807) is 4.90 Å². The third kappa shape index (κ3) is 3.06. The summed E-state index contributed by atoms with van der Waals surface area (Å²) >= 11 is 0. The molecule has 2 atom stereocenters. The summed E-state index contributed by atoms with van der Waals surface area (Å²) in [5.74, 6) is -1.81. The number of likely N-dealkylation sites (tertiary alicyclic amines) is 2. The maximum atomic E-state index is 12.4. The van der Waals surface area contributed by atoms with E-state index in [1.807, 2.05) is 37.3 Å². The fraction of sp³-hybridized carbons (Fsp3) is 0.500. The molecule has 2 aliphatic rings. The summed E-state index contributed by atoms with van der Waals surface area (Å²) in [5, 5.41) is 12.5. The van der Waals surface area contributed by atoms with Gasteiger partial charge in [-0.2, -0.15) is 0 Å². The Morgan fingerprint density at radius 3 is 2.60 bits per heavy atom. The Balaban J connectivity index is 1.60. The molecule has 0 radical (unpaired) electrons. The van der Waals surface area contributed by atoms with E-state index in [2.05, 4.69) is 5.32 Å². The number of aliphatic carboxylic acids is 1. The number of nitrogens with one attached hydrogen (secondary N) is 1. The van der Waals surface area contributed by atoms with Gasteiger partial charge < -0.3 is 20.2 Å². The predicted molar refractivity (Wildman–Crippen MR) is 90.9 cm³/mol. The smallest absolute Gasteiger partial charge is 0.317 e. The monoisotopic (exact) mass is 345 g/mol. The number of carbonyl (C=O) groups excluding carboxylic acids is 2. The lowest BCUT2D eigenvalue weighted by Crippen LogP contribution is -2.45. The van der Waals surface area contributed by atoms with Crippen molar-refractivity contribution < 1.29 is 19.5 Å². The van der Waals surface area contributed by atoms with Gasteiger partial charge in [0.15, 0.2) is 0 Å². The van der Waals surface area contributed by atoms with Gasteiger partial charge in [0, 0.05) is 32.7 Å². The zero-order valence-corrected chi connectivity index (χ0v) is 14.3. The molecule has 2 saturated heterocycles. The van der Waals surface area contributed by atoms with E-state index in [0.29, 0.717) is 19.5 Å². The number of nitrogens with zero attached hydrogens (tertiary/aromatic N) is 2. The highest BCUT2D eigenvalue weighted by Gasteiger charge is 2.62. The van der Waals surface area contributed by atoms with Gasteiger partial charge in [-0.3, -0.25) is 9.59 Å². The number of benzene rings is 1. The molecular weight excluding hydrogens is 322 g/mol. The van der Waals surface area contributed by atoms with Crippen LogP contribution in [0.3, 0.4) is 0 Å². The molecule has 0 saturated carbocycles. The third-order valence-electron chi connectivity index (χ3n) is 5.25. The van der Waals surface area contributed by atoms with Crippen molar-refractivity contribution in [2.24, 2.45) is 11.3 Å². The molecule has 2 fully saturated rings. The lowest BCUT2D eigenvalue weighted by Gasteiger charge is -2.24. The zero-order valence-electron chi connectivity index (χ0n) is 14.3. The summed E-state index contributed by atoms with van der Waals surface area (Å²) in [6, 6.07) is 9.50. The molecule has 7 heteroatoms. The number of hydrogen-bond donors (Lipinski definition) is 2. The minimum atomic E-state index is -1.18. The summed E-state index contributed by atoms with van der Waals surface area (Å²) in [5.41, 5.74) is -0.0546. The fourth-order valence-corrected chi connectivity index (χ4v) is 3.80. The first-order valence-electron chi connectivity index (χ1n) is 8.57. The van der Waals surface area contributed by atoms with Gasteiger partial charge in [0.25, 0.3) is 0 Å². The van der Waals surface area contributed by atoms with E-state index < -0.39 is 17.3 Å². The quantitative estimate of drug-likeness (QED) is 0.826. The van der Waals surface area contributed by atoms with Crippen molar-refractivity contribution in [3.63, 3.8) is 0 Å². The van der Waals surface area contributed by atoms with E-state index in [9.17, 15) is 19.5 Å². The van der Waals surface area contributed by atoms with Gasteiger partial charge in [0.05, 0.1) is 5.92 Å². The second kappa shape index (κ2) is 6.74. The van der Waals surface area contributed by atoms with Crippen LogP contribution in [0.2, 0.25) is 0 Å². The number of urea groups is 1. The number of fused-ring (bicyclic) bond motifs is 1. The molecule has 0 spiro atoms. The molecule has 3 rings (SSSR count). The summed E-state index contributed by atoms with van der Waals surface area (Å²) < 4.78 is 0. The maximum Gasteiger partial charge on any atom is 0.317 e. The average Bonchev–Trinajstić information content (AvgIpc) is 3.12. The highest BCUT2D eigenvalue weighted by molar-refractivity contribution is 5.93. The van der Waals surface area contributed by atoms with Crippen LogP contribution in [0.4, 0.5) is 4.79 Å². The van der Waals surface area contributed by atoms with Crippen LogP contribution in [0, 0.1) is 11.3 Å². The van der Waals surface area contributed by atoms with Crippen molar-refractivity contribution in [3.05, 3.63) is 35.9 Å². The van der Waals surface area contributed by atoms with Crippen molar-refractivity contribution >= 4 is 17.9 Å². The van der Waals surface area contributed by atoms with E-state index in [-0.39, 0.29) is 31.6 Å². The Hall–Kier alpha value is -2.57. The molecular formula is C18H23N3O4. The Morgan fingerprint density at radius 1 is 1.28 bits per heavy atom. The van der Waals surface area contributed by atoms with Gasteiger partial charge in [-0.1, -0.05) is 30.3 Å². The van der Waals surface area contributed by atoms with Gasteiger partial charge in [-0.05, 0) is 18.9 Å². The van der Waals surface area contributed by atoms with Gasteiger partial charge in [0.1, 0.15) is 5.41 Å². The second-order valence-electron chi connectivity index (χ2n) is 6.71. The lowest BCUT2D eigenvalue weighted by atomic mass is 9.81. The van der Waals surface area contributed by atoms with Gasteiger partial charge in [-0.15, -0.1) is 0 Å². The topological polar surface area (TPSA) is 90.0 Å². The van der Waals surface area contributed by atoms with Crippen molar-refractivity contribution in [1.29, 1.82) is 0 Å². The number of carboxylic acid groups (broad SMARTS) is 1. The molecule has 0 bridgehead atoms. The molecule has 1 aromatic carbocycles. The Kier molecular flexibility index (Phi) is 4.65. The molecule has 2 heterocycles. The minimum Gasteiger partial charge on any atom is -0.481 e. The number of carbonyl (C=O) groups is 3. The van der Waals surface area contributed by atoms with Gasteiger partial charge in [0.2, 0.25) is 5.91 Å². The van der Waals surface area contributed by atoms with Crippen molar-refractivity contribution in [2.45, 2.75) is 13.3 Å². The van der Waals surface area contributed by atoms with Crippen molar-refractivity contribution in [1.82, 2.24) is 15.1 Å². The van der Waals surface area contributed by atoms with Crippen LogP contribution in [-0.4, -0.2) is 65.5 Å². The number of carboxylic acids is 1. The molecule has 1 aromatic rings. The molecule has 7 nitrogen and oxygen atoms in total. The van der Waals surface area contributed by atoms with Gasteiger partial charge >= 0.3 is 12.0 Å². The van der Waals surface area contributed by atoms with E-state index in [0.717, 1.165) is 5.56 Å². The zero-order chi connectivity index (χ0) is 18.0. The first-order valence-corrected chi connectivity index (χ1v) is 8.57. The van der Waals surface area contributed by atoms with E-state index in [4.69, 9.17) is 0 Å². The Morgan fingerprint density at radius 2 is 2.00 bits per heavy atom. The highest BCUT2D eigenvalue weighted by atomic mass is 16.4. The predicted octanol–water partition coefficient (Wildman–Crippen LogP) is 0.804.